The van der Waals surface area contributed by atoms with Crippen molar-refractivity contribution in [3.05, 3.63) is 29.6 Å². The number of carbonyl (C=O) groups is 1. The maximum atomic E-state index is 11.8. The lowest BCUT2D eigenvalue weighted by atomic mass is 10.4. The van der Waals surface area contributed by atoms with E-state index < -0.39 is 10.0 Å². The summed E-state index contributed by atoms with van der Waals surface area (Å²) in [5.41, 5.74) is 0. The Morgan fingerprint density at radius 1 is 1.42 bits per heavy atom. The third-order valence-electron chi connectivity index (χ3n) is 2.19. The van der Waals surface area contributed by atoms with Gasteiger partial charge in [0.05, 0.1) is 0 Å². The van der Waals surface area contributed by atoms with Gasteiger partial charge in [-0.1, -0.05) is 5.16 Å². The molecule has 0 aliphatic carbocycles. The summed E-state index contributed by atoms with van der Waals surface area (Å²) in [7, 11) is -3.77. The highest BCUT2D eigenvalue weighted by Gasteiger charge is 2.18. The molecule has 0 aromatic carbocycles. The predicted molar refractivity (Wildman–Crippen MR) is 62.0 cm³/mol. The van der Waals surface area contributed by atoms with Crippen LogP contribution in [-0.2, 0) is 16.4 Å². The summed E-state index contributed by atoms with van der Waals surface area (Å²) < 4.78 is 35.4. The molecule has 0 aliphatic rings. The number of furan rings is 1. The zero-order valence-corrected chi connectivity index (χ0v) is 10.8. The molecule has 0 saturated carbocycles. The number of nitrogens with zero attached hydrogens (tertiary/aromatic N) is 2. The molecule has 1 N–H and O–H groups in total. The molecule has 0 amide bonds. The van der Waals surface area contributed by atoms with Crippen LogP contribution in [0.3, 0.4) is 0 Å². The number of aryl methyl sites for hydroxylation is 1. The lowest BCUT2D eigenvalue weighted by Crippen LogP contribution is -2.25. The summed E-state index contributed by atoms with van der Waals surface area (Å²) in [6.45, 7) is 1.74. The zero-order valence-electron chi connectivity index (χ0n) is 9.99. The molecule has 0 aliphatic heterocycles. The van der Waals surface area contributed by atoms with E-state index in [2.05, 4.69) is 14.9 Å². The SMILES string of the molecule is Cc1nc(CCNS(=O)(=O)c2ccc(C=O)o2)no1. The van der Waals surface area contributed by atoms with Crippen molar-refractivity contribution >= 4 is 16.3 Å². The van der Waals surface area contributed by atoms with Gasteiger partial charge in [0.15, 0.2) is 17.9 Å². The first-order valence-corrected chi connectivity index (χ1v) is 6.83. The van der Waals surface area contributed by atoms with E-state index in [-0.39, 0.29) is 23.8 Å². The topological polar surface area (TPSA) is 115 Å². The summed E-state index contributed by atoms with van der Waals surface area (Å²) in [6, 6.07) is 2.49. The smallest absolute Gasteiger partial charge is 0.273 e. The number of aldehydes is 1. The number of aromatic nitrogens is 2. The molecule has 0 radical (unpaired) electrons. The van der Waals surface area contributed by atoms with Crippen molar-refractivity contribution in [2.45, 2.75) is 18.4 Å². The van der Waals surface area contributed by atoms with Crippen LogP contribution >= 0.6 is 0 Å². The summed E-state index contributed by atoms with van der Waals surface area (Å²) in [5.74, 6) is 0.780. The molecule has 0 bridgehead atoms. The van der Waals surface area contributed by atoms with Crippen molar-refractivity contribution in [3.63, 3.8) is 0 Å². The van der Waals surface area contributed by atoms with Crippen molar-refractivity contribution < 1.29 is 22.2 Å². The number of hydrogen-bond acceptors (Lipinski definition) is 7. The van der Waals surface area contributed by atoms with E-state index in [0.29, 0.717) is 18.0 Å². The van der Waals surface area contributed by atoms with Crippen molar-refractivity contribution in [3.8, 4) is 0 Å². The Hall–Kier alpha value is -2.00. The number of rotatable bonds is 6. The van der Waals surface area contributed by atoms with Crippen LogP contribution in [0, 0.1) is 6.92 Å². The van der Waals surface area contributed by atoms with Gasteiger partial charge < -0.3 is 8.94 Å². The van der Waals surface area contributed by atoms with Gasteiger partial charge in [-0.2, -0.15) is 4.98 Å². The van der Waals surface area contributed by atoms with Crippen LogP contribution in [0.5, 0.6) is 0 Å². The molecule has 0 fully saturated rings. The molecule has 19 heavy (non-hydrogen) atoms. The standard InChI is InChI=1S/C10H11N3O5S/c1-7-12-9(13-18-7)4-5-11-19(15,16)10-3-2-8(6-14)17-10/h2-3,6,11H,4-5H2,1H3. The summed E-state index contributed by atoms with van der Waals surface area (Å²) in [5, 5.41) is 3.33. The van der Waals surface area contributed by atoms with Gasteiger partial charge >= 0.3 is 0 Å². The Balaban J connectivity index is 1.96. The van der Waals surface area contributed by atoms with Gasteiger partial charge in [-0.3, -0.25) is 4.79 Å². The number of hydrogen-bond donors (Lipinski definition) is 1. The fourth-order valence-electron chi connectivity index (χ4n) is 1.35. The highest BCUT2D eigenvalue weighted by atomic mass is 32.2. The zero-order chi connectivity index (χ0) is 13.9. The minimum atomic E-state index is -3.77. The van der Waals surface area contributed by atoms with Gasteiger partial charge in [-0.15, -0.1) is 0 Å². The Morgan fingerprint density at radius 3 is 2.79 bits per heavy atom. The lowest BCUT2D eigenvalue weighted by Gasteiger charge is -2.01. The molecule has 0 unspecified atom stereocenters. The molecule has 2 rings (SSSR count). The third-order valence-corrected chi connectivity index (χ3v) is 3.53. The average molecular weight is 285 g/mol. The van der Waals surface area contributed by atoms with Crippen LogP contribution in [0.1, 0.15) is 22.3 Å². The highest BCUT2D eigenvalue weighted by Crippen LogP contribution is 2.12. The maximum absolute atomic E-state index is 11.8. The van der Waals surface area contributed by atoms with Crippen molar-refractivity contribution in [1.29, 1.82) is 0 Å². The molecule has 2 heterocycles. The first kappa shape index (κ1) is 13.4. The minimum absolute atomic E-state index is 0.0471. The molecule has 0 atom stereocenters. The second kappa shape index (κ2) is 5.33. The Kier molecular flexibility index (Phi) is 3.76. The molecular formula is C10H11N3O5S. The van der Waals surface area contributed by atoms with E-state index in [1.54, 1.807) is 6.92 Å². The van der Waals surface area contributed by atoms with Crippen LogP contribution in [-0.4, -0.2) is 31.4 Å². The molecular weight excluding hydrogens is 274 g/mol. The van der Waals surface area contributed by atoms with Crippen LogP contribution in [0.25, 0.3) is 0 Å². The van der Waals surface area contributed by atoms with Crippen LogP contribution in [0.2, 0.25) is 0 Å². The molecule has 2 aromatic rings. The molecule has 0 spiro atoms. The second-order valence-electron chi connectivity index (χ2n) is 3.65. The predicted octanol–water partition coefficient (Wildman–Crippen LogP) is 0.305. The molecule has 9 heteroatoms. The van der Waals surface area contributed by atoms with Gasteiger partial charge in [0.1, 0.15) is 0 Å². The van der Waals surface area contributed by atoms with E-state index in [0.717, 1.165) is 0 Å². The van der Waals surface area contributed by atoms with Crippen molar-refractivity contribution in [2.24, 2.45) is 0 Å². The van der Waals surface area contributed by atoms with E-state index in [1.165, 1.54) is 12.1 Å². The van der Waals surface area contributed by atoms with Crippen molar-refractivity contribution in [1.82, 2.24) is 14.9 Å². The minimum Gasteiger partial charge on any atom is -0.440 e. The first-order chi connectivity index (χ1) is 9.01. The van der Waals surface area contributed by atoms with E-state index in [9.17, 15) is 13.2 Å². The Morgan fingerprint density at radius 2 is 2.21 bits per heavy atom. The number of nitrogens with one attached hydrogen (secondary N) is 1. The Labute approximate surface area is 108 Å². The lowest BCUT2D eigenvalue weighted by molar-refractivity contribution is 0.109. The number of sulfonamides is 1. The second-order valence-corrected chi connectivity index (χ2v) is 5.35. The summed E-state index contributed by atoms with van der Waals surface area (Å²) in [6.07, 6.45) is 0.721. The van der Waals surface area contributed by atoms with Gasteiger partial charge in [0, 0.05) is 19.9 Å². The third kappa shape index (κ3) is 3.26. The Bertz CT molecular complexity index is 673. The highest BCUT2D eigenvalue weighted by molar-refractivity contribution is 7.89. The fraction of sp³-hybridized carbons (Fsp3) is 0.300. The molecule has 8 nitrogen and oxygen atoms in total. The van der Waals surface area contributed by atoms with E-state index in [4.69, 9.17) is 8.94 Å². The van der Waals surface area contributed by atoms with Crippen molar-refractivity contribution in [2.75, 3.05) is 6.54 Å². The van der Waals surface area contributed by atoms with E-state index >= 15 is 0 Å². The maximum Gasteiger partial charge on any atom is 0.273 e. The number of carbonyl (C=O) groups excluding carboxylic acids is 1. The van der Waals surface area contributed by atoms with E-state index in [1.807, 2.05) is 0 Å². The summed E-state index contributed by atoms with van der Waals surface area (Å²) in [4.78, 5) is 14.4. The normalized spacial score (nSPS) is 11.6. The van der Waals surface area contributed by atoms with Gasteiger partial charge in [0.25, 0.3) is 10.0 Å². The molecule has 0 saturated heterocycles. The molecule has 102 valence electrons. The van der Waals surface area contributed by atoms with Gasteiger partial charge in [-0.25, -0.2) is 13.1 Å². The fourth-order valence-corrected chi connectivity index (χ4v) is 2.32. The van der Waals surface area contributed by atoms with Crippen LogP contribution < -0.4 is 4.72 Å². The summed E-state index contributed by atoms with van der Waals surface area (Å²) >= 11 is 0. The quantitative estimate of drug-likeness (QED) is 0.759. The van der Waals surface area contributed by atoms with Crippen LogP contribution in [0.4, 0.5) is 0 Å². The van der Waals surface area contributed by atoms with Gasteiger partial charge in [-0.05, 0) is 12.1 Å². The molecule has 2 aromatic heterocycles. The van der Waals surface area contributed by atoms with Crippen LogP contribution in [0.15, 0.2) is 26.2 Å². The monoisotopic (exact) mass is 285 g/mol. The largest absolute Gasteiger partial charge is 0.440 e. The average Bonchev–Trinajstić information content (AvgIpc) is 2.98. The van der Waals surface area contributed by atoms with Gasteiger partial charge in [0.2, 0.25) is 11.0 Å². The first-order valence-electron chi connectivity index (χ1n) is 5.35.